The van der Waals surface area contributed by atoms with Gasteiger partial charge in [-0.3, -0.25) is 9.59 Å². The lowest BCUT2D eigenvalue weighted by atomic mass is 9.84. The minimum atomic E-state index is -1.04. The van der Waals surface area contributed by atoms with Crippen LogP contribution in [0, 0.1) is 17.2 Å². The summed E-state index contributed by atoms with van der Waals surface area (Å²) in [6, 6.07) is 10.8. The third kappa shape index (κ3) is 3.81. The minimum absolute atomic E-state index is 0.0478. The molecule has 0 bridgehead atoms. The van der Waals surface area contributed by atoms with E-state index in [-0.39, 0.29) is 6.42 Å². The van der Waals surface area contributed by atoms with E-state index in [0.29, 0.717) is 0 Å². The molecule has 5 heteroatoms. The number of rotatable bonds is 5. The van der Waals surface area contributed by atoms with E-state index >= 15 is 0 Å². The van der Waals surface area contributed by atoms with Crippen molar-refractivity contribution in [3.05, 3.63) is 35.9 Å². The molecule has 0 saturated carbocycles. The second kappa shape index (κ2) is 7.17. The van der Waals surface area contributed by atoms with Crippen LogP contribution in [-0.2, 0) is 19.1 Å². The van der Waals surface area contributed by atoms with Crippen molar-refractivity contribution in [3.8, 4) is 6.07 Å². The summed E-state index contributed by atoms with van der Waals surface area (Å²) >= 11 is 0. The molecule has 1 rings (SSSR count). The SMILES string of the molecule is COC(=O)C[C@H](c1ccccc1)C(C#N)C(=O)OC. The lowest BCUT2D eigenvalue weighted by Crippen LogP contribution is -2.24. The Morgan fingerprint density at radius 2 is 1.84 bits per heavy atom. The summed E-state index contributed by atoms with van der Waals surface area (Å²) in [5, 5.41) is 9.14. The number of hydrogen-bond donors (Lipinski definition) is 0. The zero-order valence-corrected chi connectivity index (χ0v) is 10.8. The first-order valence-electron chi connectivity index (χ1n) is 5.73. The van der Waals surface area contributed by atoms with Gasteiger partial charge in [0.15, 0.2) is 5.92 Å². The Bertz CT molecular complexity index is 478. The fourth-order valence-electron chi connectivity index (χ4n) is 1.83. The molecule has 0 saturated heterocycles. The van der Waals surface area contributed by atoms with Crippen LogP contribution in [0.25, 0.3) is 0 Å². The van der Waals surface area contributed by atoms with Crippen LogP contribution < -0.4 is 0 Å². The second-order valence-corrected chi connectivity index (χ2v) is 3.93. The van der Waals surface area contributed by atoms with E-state index in [4.69, 9.17) is 5.26 Å². The summed E-state index contributed by atoms with van der Waals surface area (Å²) in [5.74, 6) is -2.74. The number of hydrogen-bond acceptors (Lipinski definition) is 5. The van der Waals surface area contributed by atoms with Crippen molar-refractivity contribution in [2.24, 2.45) is 5.92 Å². The number of nitriles is 1. The number of methoxy groups -OCH3 is 2. The molecule has 0 heterocycles. The first-order valence-corrected chi connectivity index (χ1v) is 5.73. The molecule has 19 heavy (non-hydrogen) atoms. The van der Waals surface area contributed by atoms with Crippen LogP contribution in [-0.4, -0.2) is 26.2 Å². The maximum absolute atomic E-state index is 11.6. The molecular formula is C14H15NO4. The molecule has 2 atom stereocenters. The molecule has 0 N–H and O–H groups in total. The average Bonchev–Trinajstić information content (AvgIpc) is 2.47. The molecule has 100 valence electrons. The van der Waals surface area contributed by atoms with Crippen molar-refractivity contribution in [2.75, 3.05) is 14.2 Å². The van der Waals surface area contributed by atoms with Crippen LogP contribution in [0.3, 0.4) is 0 Å². The molecule has 0 spiro atoms. The summed E-state index contributed by atoms with van der Waals surface area (Å²) in [6.45, 7) is 0. The van der Waals surface area contributed by atoms with Gasteiger partial charge < -0.3 is 9.47 Å². The standard InChI is InChI=1S/C14H15NO4/c1-18-13(16)8-11(10-6-4-3-5-7-10)12(9-15)14(17)19-2/h3-7,11-12H,8H2,1-2H3/t11-,12?/m1/s1. The van der Waals surface area contributed by atoms with E-state index in [9.17, 15) is 9.59 Å². The Morgan fingerprint density at radius 3 is 2.32 bits per heavy atom. The van der Waals surface area contributed by atoms with Crippen molar-refractivity contribution in [1.29, 1.82) is 5.26 Å². The molecule has 0 aliphatic heterocycles. The van der Waals surface area contributed by atoms with Gasteiger partial charge >= 0.3 is 11.9 Å². The highest BCUT2D eigenvalue weighted by Gasteiger charge is 2.32. The Kier molecular flexibility index (Phi) is 5.55. The van der Waals surface area contributed by atoms with Crippen LogP contribution in [0.2, 0.25) is 0 Å². The van der Waals surface area contributed by atoms with Crippen LogP contribution in [0.4, 0.5) is 0 Å². The number of esters is 2. The highest BCUT2D eigenvalue weighted by Crippen LogP contribution is 2.29. The van der Waals surface area contributed by atoms with E-state index in [2.05, 4.69) is 9.47 Å². The molecule has 0 amide bonds. The van der Waals surface area contributed by atoms with Crippen molar-refractivity contribution in [2.45, 2.75) is 12.3 Å². The van der Waals surface area contributed by atoms with Gasteiger partial charge in [-0.1, -0.05) is 30.3 Å². The Morgan fingerprint density at radius 1 is 1.21 bits per heavy atom. The Hall–Kier alpha value is -2.35. The normalized spacial score (nSPS) is 12.9. The molecular weight excluding hydrogens is 246 g/mol. The topological polar surface area (TPSA) is 76.4 Å². The van der Waals surface area contributed by atoms with Crippen LogP contribution in [0.1, 0.15) is 17.9 Å². The van der Waals surface area contributed by atoms with E-state index in [0.717, 1.165) is 5.56 Å². The lowest BCUT2D eigenvalue weighted by Gasteiger charge is -2.19. The fraction of sp³-hybridized carbons (Fsp3) is 0.357. The molecule has 5 nitrogen and oxygen atoms in total. The van der Waals surface area contributed by atoms with Gasteiger partial charge in [0.1, 0.15) is 0 Å². The molecule has 1 aromatic carbocycles. The van der Waals surface area contributed by atoms with E-state index in [1.807, 2.05) is 12.1 Å². The van der Waals surface area contributed by atoms with Gasteiger partial charge in [0.2, 0.25) is 0 Å². The molecule has 0 aliphatic carbocycles. The maximum atomic E-state index is 11.6. The van der Waals surface area contributed by atoms with Gasteiger partial charge in [0.25, 0.3) is 0 Å². The third-order valence-electron chi connectivity index (χ3n) is 2.84. The third-order valence-corrected chi connectivity index (χ3v) is 2.84. The van der Waals surface area contributed by atoms with Gasteiger partial charge in [-0.2, -0.15) is 5.26 Å². The van der Waals surface area contributed by atoms with Gasteiger partial charge in [-0.15, -0.1) is 0 Å². The number of carbonyl (C=O) groups excluding carboxylic acids is 2. The van der Waals surface area contributed by atoms with Crippen molar-refractivity contribution in [3.63, 3.8) is 0 Å². The highest BCUT2D eigenvalue weighted by molar-refractivity contribution is 5.78. The first-order chi connectivity index (χ1) is 9.13. The van der Waals surface area contributed by atoms with E-state index in [1.54, 1.807) is 24.3 Å². The predicted octanol–water partition coefficient (Wildman–Crippen LogP) is 1.65. The molecule has 1 unspecified atom stereocenters. The number of ether oxygens (including phenoxy) is 2. The predicted molar refractivity (Wildman–Crippen MR) is 66.9 cm³/mol. The summed E-state index contributed by atoms with van der Waals surface area (Å²) in [6.07, 6.45) is -0.0478. The van der Waals surface area contributed by atoms with Gasteiger partial charge in [0.05, 0.1) is 26.7 Å². The zero-order valence-electron chi connectivity index (χ0n) is 10.8. The van der Waals surface area contributed by atoms with Crippen molar-refractivity contribution in [1.82, 2.24) is 0 Å². The van der Waals surface area contributed by atoms with Crippen molar-refractivity contribution < 1.29 is 19.1 Å². The quantitative estimate of drug-likeness (QED) is 0.753. The summed E-state index contributed by atoms with van der Waals surface area (Å²) in [7, 11) is 2.48. The summed E-state index contributed by atoms with van der Waals surface area (Å²) in [5.41, 5.74) is 0.727. The molecule has 0 fully saturated rings. The van der Waals surface area contributed by atoms with Gasteiger partial charge in [0, 0.05) is 5.92 Å². The maximum Gasteiger partial charge on any atom is 0.323 e. The largest absolute Gasteiger partial charge is 0.469 e. The van der Waals surface area contributed by atoms with Crippen molar-refractivity contribution >= 4 is 11.9 Å². The van der Waals surface area contributed by atoms with E-state index < -0.39 is 23.8 Å². The number of benzene rings is 1. The van der Waals surface area contributed by atoms with Crippen LogP contribution in [0.5, 0.6) is 0 Å². The monoisotopic (exact) mass is 261 g/mol. The smallest absolute Gasteiger partial charge is 0.323 e. The minimum Gasteiger partial charge on any atom is -0.469 e. The molecule has 0 radical (unpaired) electrons. The van der Waals surface area contributed by atoms with Crippen LogP contribution >= 0.6 is 0 Å². The Labute approximate surface area is 111 Å². The zero-order chi connectivity index (χ0) is 14.3. The highest BCUT2D eigenvalue weighted by atomic mass is 16.5. The second-order valence-electron chi connectivity index (χ2n) is 3.93. The Balaban J connectivity index is 3.08. The summed E-state index contributed by atoms with van der Waals surface area (Å²) < 4.78 is 9.22. The van der Waals surface area contributed by atoms with Gasteiger partial charge in [-0.05, 0) is 5.56 Å². The average molecular weight is 261 g/mol. The molecule has 1 aromatic rings. The molecule has 0 aromatic heterocycles. The number of nitrogens with zero attached hydrogens (tertiary/aromatic N) is 1. The summed E-state index contributed by atoms with van der Waals surface area (Å²) in [4.78, 5) is 23.1. The number of carbonyl (C=O) groups is 2. The fourth-order valence-corrected chi connectivity index (χ4v) is 1.83. The first kappa shape index (κ1) is 14.7. The van der Waals surface area contributed by atoms with Crippen LogP contribution in [0.15, 0.2) is 30.3 Å². The lowest BCUT2D eigenvalue weighted by molar-refractivity contribution is -0.145. The molecule has 0 aliphatic rings. The van der Waals surface area contributed by atoms with E-state index in [1.165, 1.54) is 14.2 Å². The van der Waals surface area contributed by atoms with Gasteiger partial charge in [-0.25, -0.2) is 0 Å².